The maximum Gasteiger partial charge on any atom is 0.250 e. The minimum atomic E-state index is -3.47. The lowest BCUT2D eigenvalue weighted by Crippen LogP contribution is -2.23. The predicted molar refractivity (Wildman–Crippen MR) is 87.2 cm³/mol. The summed E-state index contributed by atoms with van der Waals surface area (Å²) in [4.78, 5) is 1.04. The Hall–Kier alpha value is -1.32. The maximum absolute atomic E-state index is 12.0. The quantitative estimate of drug-likeness (QED) is 0.869. The SMILES string of the molecule is CCc1ccc(S(=O)(=O)NCC#Cc2cccc(Cl)c2)s1. The van der Waals surface area contributed by atoms with Gasteiger partial charge in [-0.25, -0.2) is 8.42 Å². The summed E-state index contributed by atoms with van der Waals surface area (Å²) < 4.78 is 26.9. The van der Waals surface area contributed by atoms with E-state index in [1.807, 2.05) is 19.1 Å². The van der Waals surface area contributed by atoms with Crippen LogP contribution in [0.2, 0.25) is 5.02 Å². The molecule has 110 valence electrons. The third-order valence-corrected chi connectivity index (χ3v) is 6.02. The molecule has 0 spiro atoms. The van der Waals surface area contributed by atoms with Gasteiger partial charge in [0.2, 0.25) is 0 Å². The number of nitrogens with one attached hydrogen (secondary N) is 1. The van der Waals surface area contributed by atoms with E-state index in [0.717, 1.165) is 16.9 Å². The van der Waals surface area contributed by atoms with Gasteiger partial charge in [0.05, 0.1) is 6.54 Å². The largest absolute Gasteiger partial charge is 0.250 e. The number of hydrogen-bond acceptors (Lipinski definition) is 3. The Morgan fingerprint density at radius 2 is 2.10 bits per heavy atom. The van der Waals surface area contributed by atoms with Crippen LogP contribution in [-0.4, -0.2) is 15.0 Å². The molecule has 3 nitrogen and oxygen atoms in total. The van der Waals surface area contributed by atoms with Crippen LogP contribution in [-0.2, 0) is 16.4 Å². The molecule has 6 heteroatoms. The number of thiophene rings is 1. The summed E-state index contributed by atoms with van der Waals surface area (Å²) in [6, 6.07) is 10.6. The second-order valence-electron chi connectivity index (χ2n) is 4.21. The molecule has 21 heavy (non-hydrogen) atoms. The molecule has 2 rings (SSSR count). The van der Waals surface area contributed by atoms with Crippen molar-refractivity contribution in [3.05, 3.63) is 51.9 Å². The molecule has 0 aliphatic carbocycles. The van der Waals surface area contributed by atoms with Gasteiger partial charge in [-0.05, 0) is 36.8 Å². The fraction of sp³-hybridized carbons (Fsp3) is 0.200. The molecular weight excluding hydrogens is 326 g/mol. The predicted octanol–water partition coefficient (Wildman–Crippen LogP) is 3.29. The van der Waals surface area contributed by atoms with Crippen molar-refractivity contribution >= 4 is 33.0 Å². The summed E-state index contributed by atoms with van der Waals surface area (Å²) in [5.41, 5.74) is 0.756. The van der Waals surface area contributed by atoms with Crippen molar-refractivity contribution < 1.29 is 8.42 Å². The van der Waals surface area contributed by atoms with E-state index >= 15 is 0 Å². The molecule has 1 aromatic heterocycles. The van der Waals surface area contributed by atoms with Gasteiger partial charge < -0.3 is 0 Å². The zero-order chi connectivity index (χ0) is 15.3. The van der Waals surface area contributed by atoms with Crippen LogP contribution in [0.5, 0.6) is 0 Å². The number of halogens is 1. The first kappa shape index (κ1) is 16.1. The molecule has 1 heterocycles. The first-order valence-electron chi connectivity index (χ1n) is 6.34. The van der Waals surface area contributed by atoms with Crippen molar-refractivity contribution in [2.75, 3.05) is 6.54 Å². The molecule has 1 aromatic carbocycles. The van der Waals surface area contributed by atoms with Gasteiger partial charge in [0.1, 0.15) is 4.21 Å². The molecule has 0 fully saturated rings. The van der Waals surface area contributed by atoms with Gasteiger partial charge in [0.25, 0.3) is 10.0 Å². The van der Waals surface area contributed by atoms with Gasteiger partial charge in [0.15, 0.2) is 0 Å². The minimum absolute atomic E-state index is 0.0637. The molecule has 0 amide bonds. The van der Waals surface area contributed by atoms with Crippen molar-refractivity contribution in [3.63, 3.8) is 0 Å². The highest BCUT2D eigenvalue weighted by atomic mass is 35.5. The summed E-state index contributed by atoms with van der Waals surface area (Å²) in [7, 11) is -3.47. The molecule has 0 bridgehead atoms. The Balaban J connectivity index is 2.00. The van der Waals surface area contributed by atoms with Crippen LogP contribution in [0.4, 0.5) is 0 Å². The molecule has 0 saturated carbocycles. The Morgan fingerprint density at radius 3 is 2.76 bits per heavy atom. The van der Waals surface area contributed by atoms with E-state index in [2.05, 4.69) is 16.6 Å². The topological polar surface area (TPSA) is 46.2 Å². The fourth-order valence-electron chi connectivity index (χ4n) is 1.61. The number of sulfonamides is 1. The number of benzene rings is 1. The molecule has 0 atom stereocenters. The minimum Gasteiger partial charge on any atom is -0.206 e. The Kier molecular flexibility index (Phi) is 5.43. The summed E-state index contributed by atoms with van der Waals surface area (Å²) in [6.07, 6.45) is 0.828. The van der Waals surface area contributed by atoms with Crippen molar-refractivity contribution in [1.82, 2.24) is 4.72 Å². The summed E-state index contributed by atoms with van der Waals surface area (Å²) in [5, 5.41) is 0.605. The lowest BCUT2D eigenvalue weighted by atomic mass is 10.2. The van der Waals surface area contributed by atoms with Crippen molar-refractivity contribution in [3.8, 4) is 11.8 Å². The van der Waals surface area contributed by atoms with E-state index in [0.29, 0.717) is 9.23 Å². The highest BCUT2D eigenvalue weighted by Gasteiger charge is 2.15. The Bertz CT molecular complexity index is 785. The fourth-order valence-corrected chi connectivity index (χ4v) is 4.06. The molecule has 2 aromatic rings. The average molecular weight is 340 g/mol. The first-order chi connectivity index (χ1) is 10.0. The number of aryl methyl sites for hydroxylation is 1. The zero-order valence-electron chi connectivity index (χ0n) is 11.4. The number of rotatable bonds is 4. The molecule has 1 N–H and O–H groups in total. The highest BCUT2D eigenvalue weighted by molar-refractivity contribution is 7.91. The standard InChI is InChI=1S/C15H14ClNO2S2/c1-2-14-8-9-15(20-14)21(18,19)17-10-4-6-12-5-3-7-13(16)11-12/h3,5,7-9,11,17H,2,10H2,1H3. The summed E-state index contributed by atoms with van der Waals surface area (Å²) in [5.74, 6) is 5.65. The van der Waals surface area contributed by atoms with E-state index < -0.39 is 10.0 Å². The molecule has 0 radical (unpaired) electrons. The molecular formula is C15H14ClNO2S2. The average Bonchev–Trinajstić information content (AvgIpc) is 2.93. The van der Waals surface area contributed by atoms with Gasteiger partial charge in [-0.2, -0.15) is 4.72 Å². The molecule has 0 unspecified atom stereocenters. The lowest BCUT2D eigenvalue weighted by Gasteiger charge is -1.99. The highest BCUT2D eigenvalue weighted by Crippen LogP contribution is 2.21. The van der Waals surface area contributed by atoms with Gasteiger partial charge in [-0.15, -0.1) is 11.3 Å². The summed E-state index contributed by atoms with van der Waals surface area (Å²) in [6.45, 7) is 2.06. The van der Waals surface area contributed by atoms with Crippen LogP contribution in [0, 0.1) is 11.8 Å². The van der Waals surface area contributed by atoms with Crippen LogP contribution >= 0.6 is 22.9 Å². The van der Waals surface area contributed by atoms with Gasteiger partial charge in [-0.3, -0.25) is 0 Å². The smallest absolute Gasteiger partial charge is 0.206 e. The van der Waals surface area contributed by atoms with Gasteiger partial charge in [-0.1, -0.05) is 36.4 Å². The van der Waals surface area contributed by atoms with Crippen LogP contribution in [0.3, 0.4) is 0 Å². The molecule has 0 aliphatic rings. The van der Waals surface area contributed by atoms with E-state index in [9.17, 15) is 8.42 Å². The molecule has 0 aliphatic heterocycles. The van der Waals surface area contributed by atoms with E-state index in [-0.39, 0.29) is 6.54 Å². The zero-order valence-corrected chi connectivity index (χ0v) is 13.8. The third-order valence-electron chi connectivity index (χ3n) is 2.66. The van der Waals surface area contributed by atoms with Crippen LogP contribution in [0.1, 0.15) is 17.4 Å². The van der Waals surface area contributed by atoms with Crippen molar-refractivity contribution in [2.24, 2.45) is 0 Å². The van der Waals surface area contributed by atoms with Crippen molar-refractivity contribution in [1.29, 1.82) is 0 Å². The number of hydrogen-bond donors (Lipinski definition) is 1. The molecule has 0 saturated heterocycles. The van der Waals surface area contributed by atoms with Crippen LogP contribution in [0.15, 0.2) is 40.6 Å². The van der Waals surface area contributed by atoms with E-state index in [1.165, 1.54) is 11.3 Å². The Morgan fingerprint density at radius 1 is 1.29 bits per heavy atom. The summed E-state index contributed by atoms with van der Waals surface area (Å²) >= 11 is 7.13. The monoisotopic (exact) mass is 339 g/mol. The van der Waals surface area contributed by atoms with Gasteiger partial charge >= 0.3 is 0 Å². The first-order valence-corrected chi connectivity index (χ1v) is 9.02. The van der Waals surface area contributed by atoms with Crippen LogP contribution < -0.4 is 4.72 Å². The third kappa shape index (κ3) is 4.58. The van der Waals surface area contributed by atoms with Crippen molar-refractivity contribution in [2.45, 2.75) is 17.6 Å². The normalized spacial score (nSPS) is 11.0. The van der Waals surface area contributed by atoms with E-state index in [1.54, 1.807) is 24.3 Å². The lowest BCUT2D eigenvalue weighted by molar-refractivity contribution is 0.588. The maximum atomic E-state index is 12.0. The van der Waals surface area contributed by atoms with Crippen LogP contribution in [0.25, 0.3) is 0 Å². The van der Waals surface area contributed by atoms with E-state index in [4.69, 9.17) is 11.6 Å². The second kappa shape index (κ2) is 7.10. The second-order valence-corrected chi connectivity index (χ2v) is 7.81. The van der Waals surface area contributed by atoms with Gasteiger partial charge in [0, 0.05) is 15.5 Å². The Labute approximate surface area is 134 Å².